The van der Waals surface area contributed by atoms with Crippen molar-refractivity contribution in [3.63, 3.8) is 0 Å². The lowest BCUT2D eigenvalue weighted by Gasteiger charge is -2.11. The van der Waals surface area contributed by atoms with Crippen molar-refractivity contribution in [2.24, 2.45) is 0 Å². The number of nitrogens with one attached hydrogen (secondary N) is 1. The van der Waals surface area contributed by atoms with Crippen LogP contribution in [-0.2, 0) is 0 Å². The minimum absolute atomic E-state index is 0.162. The van der Waals surface area contributed by atoms with E-state index in [1.54, 1.807) is 0 Å². The van der Waals surface area contributed by atoms with Crippen LogP contribution in [0.25, 0.3) is 11.3 Å². The highest BCUT2D eigenvalue weighted by molar-refractivity contribution is 5.62. The number of benzene rings is 1. The molecule has 0 aliphatic heterocycles. The lowest BCUT2D eigenvalue weighted by atomic mass is 10.1. The van der Waals surface area contributed by atoms with E-state index in [0.717, 1.165) is 22.7 Å². The third kappa shape index (κ3) is 3.44. The fourth-order valence-corrected chi connectivity index (χ4v) is 1.83. The van der Waals surface area contributed by atoms with Gasteiger partial charge in [-0.1, -0.05) is 12.1 Å². The lowest BCUT2D eigenvalue weighted by molar-refractivity contribution is 0.242. The second-order valence-electron chi connectivity index (χ2n) is 4.66. The second kappa shape index (κ2) is 5.69. The molecule has 0 spiro atoms. The Balaban J connectivity index is 2.38. The molecule has 0 unspecified atom stereocenters. The van der Waals surface area contributed by atoms with Crippen molar-refractivity contribution in [3.8, 4) is 17.0 Å². The van der Waals surface area contributed by atoms with Gasteiger partial charge in [0.1, 0.15) is 5.75 Å². The number of hydrogen-bond donors (Lipinski definition) is 1. The third-order valence-electron chi connectivity index (χ3n) is 2.58. The number of nitrogens with zero attached hydrogens (tertiary/aromatic N) is 2. The van der Waals surface area contributed by atoms with Crippen molar-refractivity contribution >= 4 is 5.95 Å². The van der Waals surface area contributed by atoms with E-state index in [4.69, 9.17) is 4.74 Å². The van der Waals surface area contributed by atoms with Gasteiger partial charge in [0.2, 0.25) is 5.95 Å². The largest absolute Gasteiger partial charge is 0.491 e. The average molecular weight is 257 g/mol. The summed E-state index contributed by atoms with van der Waals surface area (Å²) < 4.78 is 5.70. The average Bonchev–Trinajstić information content (AvgIpc) is 2.37. The van der Waals surface area contributed by atoms with Crippen molar-refractivity contribution in [1.82, 2.24) is 9.97 Å². The molecular formula is C15H19N3O. The van der Waals surface area contributed by atoms with Gasteiger partial charge in [-0.2, -0.15) is 0 Å². The molecule has 100 valence electrons. The minimum Gasteiger partial charge on any atom is -0.491 e. The summed E-state index contributed by atoms with van der Waals surface area (Å²) in [5.74, 6) is 1.49. The van der Waals surface area contributed by atoms with E-state index in [0.29, 0.717) is 5.95 Å². The summed E-state index contributed by atoms with van der Waals surface area (Å²) in [4.78, 5) is 8.76. The first-order valence-corrected chi connectivity index (χ1v) is 6.39. The van der Waals surface area contributed by atoms with E-state index in [9.17, 15) is 0 Å². The first kappa shape index (κ1) is 13.3. The van der Waals surface area contributed by atoms with Crippen LogP contribution in [0.4, 0.5) is 5.95 Å². The zero-order valence-electron chi connectivity index (χ0n) is 11.8. The highest BCUT2D eigenvalue weighted by atomic mass is 16.5. The quantitative estimate of drug-likeness (QED) is 0.913. The highest BCUT2D eigenvalue weighted by Crippen LogP contribution is 2.24. The molecule has 2 aromatic rings. The maximum atomic E-state index is 5.70. The van der Waals surface area contributed by atoms with Crippen LogP contribution in [0.2, 0.25) is 0 Å². The molecule has 0 saturated carbocycles. The summed E-state index contributed by atoms with van der Waals surface area (Å²) in [5, 5.41) is 2.97. The molecule has 1 aromatic carbocycles. The van der Waals surface area contributed by atoms with Crippen LogP contribution < -0.4 is 10.1 Å². The Morgan fingerprint density at radius 2 is 1.95 bits per heavy atom. The summed E-state index contributed by atoms with van der Waals surface area (Å²) in [7, 11) is 1.82. The Morgan fingerprint density at radius 3 is 2.63 bits per heavy atom. The summed E-state index contributed by atoms with van der Waals surface area (Å²) in [6.45, 7) is 5.99. The van der Waals surface area contributed by atoms with Gasteiger partial charge >= 0.3 is 0 Å². The molecule has 4 heteroatoms. The molecular weight excluding hydrogens is 238 g/mol. The molecule has 0 bridgehead atoms. The Morgan fingerprint density at radius 1 is 1.16 bits per heavy atom. The van der Waals surface area contributed by atoms with E-state index in [1.165, 1.54) is 0 Å². The van der Waals surface area contributed by atoms with Gasteiger partial charge in [-0.15, -0.1) is 0 Å². The molecule has 4 nitrogen and oxygen atoms in total. The smallest absolute Gasteiger partial charge is 0.223 e. The maximum Gasteiger partial charge on any atom is 0.223 e. The van der Waals surface area contributed by atoms with Gasteiger partial charge in [0, 0.05) is 18.3 Å². The molecule has 2 rings (SSSR count). The highest BCUT2D eigenvalue weighted by Gasteiger charge is 2.06. The molecule has 1 heterocycles. The van der Waals surface area contributed by atoms with Gasteiger partial charge < -0.3 is 10.1 Å². The maximum absolute atomic E-state index is 5.70. The van der Waals surface area contributed by atoms with Crippen LogP contribution in [0.15, 0.2) is 30.3 Å². The van der Waals surface area contributed by atoms with Crippen LogP contribution in [0.5, 0.6) is 5.75 Å². The van der Waals surface area contributed by atoms with Gasteiger partial charge in [-0.05, 0) is 39.0 Å². The van der Waals surface area contributed by atoms with Crippen LogP contribution in [-0.4, -0.2) is 23.1 Å². The monoisotopic (exact) mass is 257 g/mol. The van der Waals surface area contributed by atoms with E-state index in [1.807, 2.05) is 58.2 Å². The van der Waals surface area contributed by atoms with Crippen LogP contribution in [0.1, 0.15) is 19.5 Å². The number of ether oxygens (including phenoxy) is 1. The number of rotatable bonds is 4. The Bertz CT molecular complexity index is 567. The van der Waals surface area contributed by atoms with Crippen molar-refractivity contribution in [1.29, 1.82) is 0 Å². The van der Waals surface area contributed by atoms with Crippen molar-refractivity contribution in [2.75, 3.05) is 12.4 Å². The number of hydrogen-bond acceptors (Lipinski definition) is 4. The van der Waals surface area contributed by atoms with Gasteiger partial charge in [-0.25, -0.2) is 9.97 Å². The van der Waals surface area contributed by atoms with Crippen molar-refractivity contribution in [2.45, 2.75) is 26.9 Å². The van der Waals surface area contributed by atoms with Crippen molar-refractivity contribution < 1.29 is 4.74 Å². The van der Waals surface area contributed by atoms with Gasteiger partial charge in [-0.3, -0.25) is 0 Å². The lowest BCUT2D eigenvalue weighted by Crippen LogP contribution is -2.05. The number of aromatic nitrogens is 2. The van der Waals surface area contributed by atoms with Crippen LogP contribution in [0.3, 0.4) is 0 Å². The molecule has 19 heavy (non-hydrogen) atoms. The van der Waals surface area contributed by atoms with Crippen LogP contribution >= 0.6 is 0 Å². The molecule has 0 aliphatic rings. The second-order valence-corrected chi connectivity index (χ2v) is 4.66. The fraction of sp³-hybridized carbons (Fsp3) is 0.333. The zero-order chi connectivity index (χ0) is 13.8. The molecule has 0 radical (unpaired) electrons. The van der Waals surface area contributed by atoms with E-state index >= 15 is 0 Å². The Hall–Kier alpha value is -2.10. The number of anilines is 1. The molecule has 0 aliphatic carbocycles. The molecule has 0 fully saturated rings. The van der Waals surface area contributed by atoms with Gasteiger partial charge in [0.05, 0.1) is 11.8 Å². The molecule has 0 atom stereocenters. The fourth-order valence-electron chi connectivity index (χ4n) is 1.83. The van der Waals surface area contributed by atoms with E-state index < -0.39 is 0 Å². The van der Waals surface area contributed by atoms with Gasteiger partial charge in [0.15, 0.2) is 0 Å². The summed E-state index contributed by atoms with van der Waals surface area (Å²) in [6, 6.07) is 9.92. The number of aryl methyl sites for hydroxylation is 1. The topological polar surface area (TPSA) is 47.0 Å². The standard InChI is InChI=1S/C15H19N3O/c1-10(2)19-13-7-5-6-12(9-13)14-8-11(3)17-15(16-4)18-14/h5-10H,1-4H3,(H,16,17,18). The molecule has 1 aromatic heterocycles. The first-order valence-electron chi connectivity index (χ1n) is 6.39. The zero-order valence-corrected chi connectivity index (χ0v) is 11.8. The van der Waals surface area contributed by atoms with Crippen molar-refractivity contribution in [3.05, 3.63) is 36.0 Å². The molecule has 0 amide bonds. The first-order chi connectivity index (χ1) is 9.08. The van der Waals surface area contributed by atoms with E-state index in [2.05, 4.69) is 15.3 Å². The summed E-state index contributed by atoms with van der Waals surface area (Å²) in [6.07, 6.45) is 0.162. The Kier molecular flexibility index (Phi) is 4.00. The predicted octanol–water partition coefficient (Wildman–Crippen LogP) is 3.28. The minimum atomic E-state index is 0.162. The predicted molar refractivity (Wildman–Crippen MR) is 77.5 cm³/mol. The molecule has 0 saturated heterocycles. The van der Waals surface area contributed by atoms with Crippen LogP contribution in [0, 0.1) is 6.92 Å². The van der Waals surface area contributed by atoms with E-state index in [-0.39, 0.29) is 6.10 Å². The third-order valence-corrected chi connectivity index (χ3v) is 2.58. The molecule has 1 N–H and O–H groups in total. The van der Waals surface area contributed by atoms with Gasteiger partial charge in [0.25, 0.3) is 0 Å². The normalized spacial score (nSPS) is 10.6. The summed E-state index contributed by atoms with van der Waals surface area (Å²) in [5.41, 5.74) is 2.86. The summed E-state index contributed by atoms with van der Waals surface area (Å²) >= 11 is 0. The SMILES string of the molecule is CNc1nc(C)cc(-c2cccc(OC(C)C)c2)n1. The Labute approximate surface area is 113 Å².